The van der Waals surface area contributed by atoms with Gasteiger partial charge in [0, 0.05) is 64.0 Å². The van der Waals surface area contributed by atoms with E-state index >= 15 is 0 Å². The first kappa shape index (κ1) is 20.6. The van der Waals surface area contributed by atoms with Crippen LogP contribution in [0.25, 0.3) is 33.6 Å². The number of benzene rings is 2. The maximum atomic E-state index is 12.9. The monoisotopic (exact) mass is 446 g/mol. The van der Waals surface area contributed by atoms with E-state index < -0.39 is 10.8 Å². The van der Waals surface area contributed by atoms with Crippen LogP contribution in [0, 0.1) is 0 Å². The molecule has 3 heterocycles. The lowest BCUT2D eigenvalue weighted by Crippen LogP contribution is -2.40. The number of fused-ring (bicyclic) bond motifs is 1. The minimum atomic E-state index is -1.08. The average molecular weight is 447 g/mol. The number of ether oxygens (including phenoxy) is 1. The topological polar surface area (TPSA) is 72.6 Å². The third-order valence-electron chi connectivity index (χ3n) is 5.58. The van der Waals surface area contributed by atoms with Crippen LogP contribution in [-0.2, 0) is 15.5 Å². The van der Waals surface area contributed by atoms with E-state index in [1.807, 2.05) is 65.6 Å². The van der Waals surface area contributed by atoms with Gasteiger partial charge in [0.05, 0.1) is 13.2 Å². The molecule has 1 fully saturated rings. The smallest absolute Gasteiger partial charge is 0.254 e. The van der Waals surface area contributed by atoms with E-state index in [0.29, 0.717) is 43.2 Å². The molecule has 2 aromatic heterocycles. The van der Waals surface area contributed by atoms with E-state index in [1.54, 1.807) is 12.5 Å². The molecule has 1 unspecified atom stereocenters. The molecule has 1 atom stereocenters. The Morgan fingerprint density at radius 2 is 1.78 bits per heavy atom. The molecule has 0 spiro atoms. The SMILES string of the molecule is CS(=O)c1cccc(-c2cc3nccc(-c4cccc(C(=O)N5CCOCC5)c4)c3o2)c1. The molecule has 0 saturated carbocycles. The molecular weight excluding hydrogens is 424 g/mol. The maximum Gasteiger partial charge on any atom is 0.254 e. The molecule has 1 saturated heterocycles. The number of morpholine rings is 1. The Balaban J connectivity index is 1.53. The summed E-state index contributed by atoms with van der Waals surface area (Å²) in [6.45, 7) is 2.34. The van der Waals surface area contributed by atoms with Crippen molar-refractivity contribution in [1.82, 2.24) is 9.88 Å². The van der Waals surface area contributed by atoms with Crippen molar-refractivity contribution in [2.75, 3.05) is 32.6 Å². The van der Waals surface area contributed by atoms with Crippen molar-refractivity contribution >= 4 is 27.8 Å². The Hall–Kier alpha value is -3.29. The second kappa shape index (κ2) is 8.68. The van der Waals surface area contributed by atoms with Crippen LogP contribution >= 0.6 is 0 Å². The standard InChI is InChI=1S/C25H22N2O4S/c1-32(29)20-7-3-5-18(15-20)23-16-22-24(31-23)21(8-9-26-22)17-4-2-6-19(14-17)25(28)27-10-12-30-13-11-27/h2-9,14-16H,10-13H2,1H3. The van der Waals surface area contributed by atoms with Gasteiger partial charge in [0.25, 0.3) is 5.91 Å². The summed E-state index contributed by atoms with van der Waals surface area (Å²) in [6.07, 6.45) is 3.40. The first-order chi connectivity index (χ1) is 15.6. The predicted molar refractivity (Wildman–Crippen MR) is 124 cm³/mol. The van der Waals surface area contributed by atoms with Crippen LogP contribution in [0.5, 0.6) is 0 Å². The average Bonchev–Trinajstić information content (AvgIpc) is 3.29. The van der Waals surface area contributed by atoms with Gasteiger partial charge in [0.1, 0.15) is 11.3 Å². The molecule has 0 N–H and O–H groups in total. The number of nitrogens with zero attached hydrogens (tertiary/aromatic N) is 2. The lowest BCUT2D eigenvalue weighted by atomic mass is 10.0. The van der Waals surface area contributed by atoms with Crippen molar-refractivity contribution in [3.05, 3.63) is 72.4 Å². The number of furan rings is 1. The largest absolute Gasteiger partial charge is 0.454 e. The fraction of sp³-hybridized carbons (Fsp3) is 0.200. The van der Waals surface area contributed by atoms with Crippen molar-refractivity contribution in [3.8, 4) is 22.5 Å². The second-order valence-corrected chi connectivity index (χ2v) is 9.03. The molecule has 0 bridgehead atoms. The molecule has 4 aromatic rings. The lowest BCUT2D eigenvalue weighted by molar-refractivity contribution is 0.0303. The van der Waals surface area contributed by atoms with Gasteiger partial charge in [-0.15, -0.1) is 0 Å². The van der Waals surface area contributed by atoms with Gasteiger partial charge in [-0.25, -0.2) is 0 Å². The molecule has 7 heteroatoms. The highest BCUT2D eigenvalue weighted by atomic mass is 32.2. The molecule has 0 aliphatic carbocycles. The van der Waals surface area contributed by atoms with E-state index in [-0.39, 0.29) is 5.91 Å². The molecule has 2 aromatic carbocycles. The van der Waals surface area contributed by atoms with Gasteiger partial charge < -0.3 is 14.1 Å². The van der Waals surface area contributed by atoms with E-state index in [0.717, 1.165) is 27.1 Å². The maximum absolute atomic E-state index is 12.9. The van der Waals surface area contributed by atoms with Crippen LogP contribution in [0.3, 0.4) is 0 Å². The summed E-state index contributed by atoms with van der Waals surface area (Å²) in [6, 6.07) is 18.9. The number of amides is 1. The fourth-order valence-electron chi connectivity index (χ4n) is 3.90. The normalized spacial score (nSPS) is 15.1. The second-order valence-electron chi connectivity index (χ2n) is 7.65. The van der Waals surface area contributed by atoms with Crippen molar-refractivity contribution in [1.29, 1.82) is 0 Å². The third-order valence-corrected chi connectivity index (χ3v) is 6.50. The van der Waals surface area contributed by atoms with Crippen LogP contribution < -0.4 is 0 Å². The fourth-order valence-corrected chi connectivity index (χ4v) is 4.47. The van der Waals surface area contributed by atoms with E-state index in [1.165, 1.54) is 0 Å². The number of hydrogen-bond donors (Lipinski definition) is 0. The molecule has 162 valence electrons. The highest BCUT2D eigenvalue weighted by Crippen LogP contribution is 2.34. The quantitative estimate of drug-likeness (QED) is 0.465. The third kappa shape index (κ3) is 3.97. The number of hydrogen-bond acceptors (Lipinski definition) is 5. The molecule has 5 rings (SSSR count). The van der Waals surface area contributed by atoms with Crippen LogP contribution in [0.4, 0.5) is 0 Å². The summed E-state index contributed by atoms with van der Waals surface area (Å²) < 4.78 is 23.4. The first-order valence-corrected chi connectivity index (χ1v) is 12.0. The summed E-state index contributed by atoms with van der Waals surface area (Å²) in [7, 11) is -1.08. The number of carbonyl (C=O) groups excluding carboxylic acids is 1. The summed E-state index contributed by atoms with van der Waals surface area (Å²) in [5.74, 6) is 0.665. The van der Waals surface area contributed by atoms with Gasteiger partial charge >= 0.3 is 0 Å². The zero-order valence-corrected chi connectivity index (χ0v) is 18.4. The predicted octanol–water partition coefficient (Wildman–Crippen LogP) is 4.37. The van der Waals surface area contributed by atoms with E-state index in [2.05, 4.69) is 4.98 Å². The minimum Gasteiger partial charge on any atom is -0.454 e. The number of aromatic nitrogens is 1. The van der Waals surface area contributed by atoms with Crippen molar-refractivity contribution in [2.24, 2.45) is 0 Å². The van der Waals surface area contributed by atoms with Crippen molar-refractivity contribution < 1.29 is 18.2 Å². The Bertz CT molecular complexity index is 1320. The Morgan fingerprint density at radius 3 is 2.59 bits per heavy atom. The number of carbonyl (C=O) groups is 1. The highest BCUT2D eigenvalue weighted by molar-refractivity contribution is 7.84. The highest BCUT2D eigenvalue weighted by Gasteiger charge is 2.20. The summed E-state index contributed by atoms with van der Waals surface area (Å²) in [5, 5.41) is 0. The van der Waals surface area contributed by atoms with Crippen LogP contribution in [0.15, 0.2) is 76.2 Å². The zero-order chi connectivity index (χ0) is 22.1. The Labute approximate surface area is 188 Å². The molecule has 0 radical (unpaired) electrons. The van der Waals surface area contributed by atoms with Gasteiger partial charge in [-0.1, -0.05) is 24.3 Å². The molecule has 32 heavy (non-hydrogen) atoms. The van der Waals surface area contributed by atoms with Crippen LogP contribution in [-0.4, -0.2) is 52.6 Å². The van der Waals surface area contributed by atoms with Crippen molar-refractivity contribution in [2.45, 2.75) is 4.90 Å². The zero-order valence-electron chi connectivity index (χ0n) is 17.6. The molecule has 1 aliphatic rings. The minimum absolute atomic E-state index is 0.00460. The number of rotatable bonds is 4. The van der Waals surface area contributed by atoms with Gasteiger partial charge in [-0.3, -0.25) is 14.0 Å². The van der Waals surface area contributed by atoms with Crippen LogP contribution in [0.1, 0.15) is 10.4 Å². The molecular formula is C25H22N2O4S. The van der Waals surface area contributed by atoms with E-state index in [9.17, 15) is 9.00 Å². The molecule has 1 aliphatic heterocycles. The van der Waals surface area contributed by atoms with Crippen molar-refractivity contribution in [3.63, 3.8) is 0 Å². The Morgan fingerprint density at radius 1 is 1.00 bits per heavy atom. The Kier molecular flexibility index (Phi) is 5.59. The van der Waals surface area contributed by atoms with Crippen LogP contribution in [0.2, 0.25) is 0 Å². The van der Waals surface area contributed by atoms with E-state index in [4.69, 9.17) is 9.15 Å². The summed E-state index contributed by atoms with van der Waals surface area (Å²) >= 11 is 0. The van der Waals surface area contributed by atoms with Gasteiger partial charge in [-0.05, 0) is 35.9 Å². The molecule has 6 nitrogen and oxygen atoms in total. The molecule has 1 amide bonds. The number of pyridine rings is 1. The first-order valence-electron chi connectivity index (χ1n) is 10.4. The summed E-state index contributed by atoms with van der Waals surface area (Å²) in [4.78, 5) is 20.0. The van der Waals surface area contributed by atoms with Gasteiger partial charge in [0.2, 0.25) is 0 Å². The summed E-state index contributed by atoms with van der Waals surface area (Å²) in [5.41, 5.74) is 4.62. The van der Waals surface area contributed by atoms with Gasteiger partial charge in [-0.2, -0.15) is 0 Å². The van der Waals surface area contributed by atoms with Gasteiger partial charge in [0.15, 0.2) is 5.58 Å². The lowest BCUT2D eigenvalue weighted by Gasteiger charge is -2.27.